The number of nitrogens with one attached hydrogen (secondary N) is 1. The summed E-state index contributed by atoms with van der Waals surface area (Å²) in [5.41, 5.74) is 2.14. The van der Waals surface area contributed by atoms with Gasteiger partial charge in [0, 0.05) is 26.0 Å². The third-order valence-corrected chi connectivity index (χ3v) is 3.68. The lowest BCUT2D eigenvalue weighted by Crippen LogP contribution is -2.00. The number of aromatic nitrogens is 1. The van der Waals surface area contributed by atoms with Gasteiger partial charge in [-0.15, -0.1) is 0 Å². The molecule has 0 aliphatic carbocycles. The monoisotopic (exact) mass is 333 g/mol. The van der Waals surface area contributed by atoms with Crippen LogP contribution in [0.1, 0.15) is 16.1 Å². The topological polar surface area (TPSA) is 32.9 Å². The van der Waals surface area contributed by atoms with E-state index in [9.17, 15) is 4.79 Å². The van der Waals surface area contributed by atoms with Crippen LogP contribution in [0.4, 0.5) is 0 Å². The normalized spacial score (nSPS) is 10.8. The summed E-state index contributed by atoms with van der Waals surface area (Å²) in [6.07, 6.45) is 0. The minimum absolute atomic E-state index is 0.0380. The van der Waals surface area contributed by atoms with Gasteiger partial charge >= 0.3 is 0 Å². The van der Waals surface area contributed by atoms with E-state index in [0.29, 0.717) is 16.3 Å². The van der Waals surface area contributed by atoms with Gasteiger partial charge in [0.15, 0.2) is 0 Å². The van der Waals surface area contributed by atoms with Crippen molar-refractivity contribution in [2.45, 2.75) is 0 Å². The highest BCUT2D eigenvalue weighted by atomic mass is 79.9. The fourth-order valence-electron chi connectivity index (χ4n) is 1.98. The van der Waals surface area contributed by atoms with E-state index in [1.165, 1.54) is 0 Å². The second-order valence-corrected chi connectivity index (χ2v) is 5.60. The SMILES string of the molecule is O=C(c1ccc(Cl)cc1)c1cc2cc(Br)ccc2[nH]1. The number of hydrogen-bond donors (Lipinski definition) is 1. The van der Waals surface area contributed by atoms with E-state index in [0.717, 1.165) is 15.4 Å². The van der Waals surface area contributed by atoms with Gasteiger partial charge < -0.3 is 4.98 Å². The van der Waals surface area contributed by atoms with E-state index in [-0.39, 0.29) is 5.78 Å². The first-order chi connectivity index (χ1) is 9.13. The molecule has 0 bridgehead atoms. The molecule has 0 saturated carbocycles. The number of halogens is 2. The van der Waals surface area contributed by atoms with Crippen molar-refractivity contribution in [2.24, 2.45) is 0 Å². The van der Waals surface area contributed by atoms with Crippen LogP contribution < -0.4 is 0 Å². The van der Waals surface area contributed by atoms with Crippen LogP contribution in [-0.4, -0.2) is 10.8 Å². The van der Waals surface area contributed by atoms with E-state index >= 15 is 0 Å². The zero-order valence-electron chi connectivity index (χ0n) is 9.78. The summed E-state index contributed by atoms with van der Waals surface area (Å²) in [5, 5.41) is 1.63. The molecule has 1 heterocycles. The third kappa shape index (κ3) is 2.44. The maximum Gasteiger partial charge on any atom is 0.209 e. The zero-order chi connectivity index (χ0) is 13.4. The molecule has 19 heavy (non-hydrogen) atoms. The number of carbonyl (C=O) groups excluding carboxylic acids is 1. The molecule has 3 rings (SSSR count). The molecule has 2 nitrogen and oxygen atoms in total. The number of ketones is 1. The first kappa shape index (κ1) is 12.5. The summed E-state index contributed by atoms with van der Waals surface area (Å²) in [7, 11) is 0. The van der Waals surface area contributed by atoms with Gasteiger partial charge in [0.1, 0.15) is 0 Å². The molecular formula is C15H9BrClNO. The van der Waals surface area contributed by atoms with Gasteiger partial charge in [-0.2, -0.15) is 0 Å². The molecule has 0 aliphatic heterocycles. The van der Waals surface area contributed by atoms with Crippen LogP contribution in [0.2, 0.25) is 5.02 Å². The summed E-state index contributed by atoms with van der Waals surface area (Å²) < 4.78 is 0.990. The Morgan fingerprint density at radius 3 is 2.53 bits per heavy atom. The lowest BCUT2D eigenvalue weighted by molar-refractivity contribution is 0.103. The van der Waals surface area contributed by atoms with Crippen molar-refractivity contribution in [2.75, 3.05) is 0 Å². The molecule has 94 valence electrons. The van der Waals surface area contributed by atoms with Gasteiger partial charge in [-0.25, -0.2) is 0 Å². The second kappa shape index (κ2) is 4.83. The van der Waals surface area contributed by atoms with Crippen molar-refractivity contribution < 1.29 is 4.79 Å². The molecule has 0 amide bonds. The van der Waals surface area contributed by atoms with Crippen molar-refractivity contribution >= 4 is 44.2 Å². The molecule has 0 unspecified atom stereocenters. The van der Waals surface area contributed by atoms with Crippen LogP contribution in [0.3, 0.4) is 0 Å². The van der Waals surface area contributed by atoms with Gasteiger partial charge in [-0.1, -0.05) is 27.5 Å². The van der Waals surface area contributed by atoms with Crippen LogP contribution in [-0.2, 0) is 0 Å². The molecule has 0 atom stereocenters. The van der Waals surface area contributed by atoms with Gasteiger partial charge in [0.25, 0.3) is 0 Å². The average Bonchev–Trinajstić information content (AvgIpc) is 2.81. The standard InChI is InChI=1S/C15H9BrClNO/c16-11-3-6-13-10(7-11)8-14(18-13)15(19)9-1-4-12(17)5-2-9/h1-8,18H. The minimum atomic E-state index is -0.0380. The number of fused-ring (bicyclic) bond motifs is 1. The Morgan fingerprint density at radius 1 is 1.05 bits per heavy atom. The zero-order valence-corrected chi connectivity index (χ0v) is 12.1. The van der Waals surface area contributed by atoms with E-state index in [1.54, 1.807) is 24.3 Å². The van der Waals surface area contributed by atoms with Gasteiger partial charge in [0.2, 0.25) is 5.78 Å². The Balaban J connectivity index is 2.04. The maximum absolute atomic E-state index is 12.3. The Kier molecular flexibility index (Phi) is 3.17. The molecule has 2 aromatic carbocycles. The van der Waals surface area contributed by atoms with Crippen LogP contribution in [0, 0.1) is 0 Å². The van der Waals surface area contributed by atoms with Crippen molar-refractivity contribution in [3.63, 3.8) is 0 Å². The number of benzene rings is 2. The maximum atomic E-state index is 12.3. The highest BCUT2D eigenvalue weighted by Crippen LogP contribution is 2.22. The smallest absolute Gasteiger partial charge is 0.209 e. The summed E-state index contributed by atoms with van der Waals surface area (Å²) in [4.78, 5) is 15.5. The number of rotatable bonds is 2. The van der Waals surface area contributed by atoms with Gasteiger partial charge in [-0.05, 0) is 48.5 Å². The number of hydrogen-bond acceptors (Lipinski definition) is 1. The van der Waals surface area contributed by atoms with Gasteiger partial charge in [0.05, 0.1) is 5.69 Å². The Bertz CT molecular complexity index is 761. The predicted octanol–water partition coefficient (Wildman–Crippen LogP) is 4.81. The summed E-state index contributed by atoms with van der Waals surface area (Å²) in [6, 6.07) is 14.6. The van der Waals surface area contributed by atoms with Crippen LogP contribution in [0.25, 0.3) is 10.9 Å². The fraction of sp³-hybridized carbons (Fsp3) is 0. The first-order valence-electron chi connectivity index (χ1n) is 5.72. The minimum Gasteiger partial charge on any atom is -0.352 e. The van der Waals surface area contributed by atoms with Crippen LogP contribution in [0.15, 0.2) is 53.0 Å². The second-order valence-electron chi connectivity index (χ2n) is 4.25. The summed E-state index contributed by atoms with van der Waals surface area (Å²) in [5.74, 6) is -0.0380. The molecule has 1 aromatic heterocycles. The number of aromatic amines is 1. The Labute approximate surface area is 123 Å². The quantitative estimate of drug-likeness (QED) is 0.670. The van der Waals surface area contributed by atoms with E-state index < -0.39 is 0 Å². The molecule has 0 fully saturated rings. The molecule has 0 radical (unpaired) electrons. The van der Waals surface area contributed by atoms with Gasteiger partial charge in [-0.3, -0.25) is 4.79 Å². The molecule has 0 aliphatic rings. The van der Waals surface area contributed by atoms with E-state index in [4.69, 9.17) is 11.6 Å². The van der Waals surface area contributed by atoms with E-state index in [1.807, 2.05) is 24.3 Å². The lowest BCUT2D eigenvalue weighted by Gasteiger charge is -1.98. The molecule has 3 aromatic rings. The summed E-state index contributed by atoms with van der Waals surface area (Å²) >= 11 is 9.24. The highest BCUT2D eigenvalue weighted by molar-refractivity contribution is 9.10. The predicted molar refractivity (Wildman–Crippen MR) is 80.9 cm³/mol. The third-order valence-electron chi connectivity index (χ3n) is 2.93. The van der Waals surface area contributed by atoms with Crippen LogP contribution in [0.5, 0.6) is 0 Å². The Morgan fingerprint density at radius 2 is 1.79 bits per heavy atom. The molecule has 0 saturated heterocycles. The summed E-state index contributed by atoms with van der Waals surface area (Å²) in [6.45, 7) is 0. The molecular weight excluding hydrogens is 326 g/mol. The first-order valence-corrected chi connectivity index (χ1v) is 6.89. The number of H-pyrrole nitrogens is 1. The number of carbonyl (C=O) groups is 1. The van der Waals surface area contributed by atoms with Crippen molar-refractivity contribution in [1.82, 2.24) is 4.98 Å². The highest BCUT2D eigenvalue weighted by Gasteiger charge is 2.12. The van der Waals surface area contributed by atoms with Crippen molar-refractivity contribution in [1.29, 1.82) is 0 Å². The van der Waals surface area contributed by atoms with Crippen molar-refractivity contribution in [3.8, 4) is 0 Å². The fourth-order valence-corrected chi connectivity index (χ4v) is 2.49. The van der Waals surface area contributed by atoms with Crippen LogP contribution >= 0.6 is 27.5 Å². The largest absolute Gasteiger partial charge is 0.352 e. The lowest BCUT2D eigenvalue weighted by atomic mass is 10.1. The van der Waals surface area contributed by atoms with E-state index in [2.05, 4.69) is 20.9 Å². The Hall–Kier alpha value is -1.58. The average molecular weight is 335 g/mol. The molecule has 1 N–H and O–H groups in total. The van der Waals surface area contributed by atoms with Crippen molar-refractivity contribution in [3.05, 3.63) is 69.3 Å². The molecule has 0 spiro atoms. The molecule has 4 heteroatoms.